The van der Waals surface area contributed by atoms with Gasteiger partial charge < -0.3 is 11.1 Å². The van der Waals surface area contributed by atoms with Crippen LogP contribution in [0.4, 0.5) is 0 Å². The Hall–Kier alpha value is -1.59. The fraction of sp³-hybridized carbons (Fsp3) is 0.316. The first-order valence-electron chi connectivity index (χ1n) is 8.17. The van der Waals surface area contributed by atoms with Crippen LogP contribution in [0.15, 0.2) is 48.5 Å². The number of halogens is 2. The van der Waals surface area contributed by atoms with E-state index in [0.29, 0.717) is 12.5 Å². The Morgan fingerprint density at radius 1 is 1.08 bits per heavy atom. The lowest BCUT2D eigenvalue weighted by atomic mass is 9.80. The largest absolute Gasteiger partial charge is 0.353 e. The number of fused-ring (bicyclic) bond motifs is 3. The van der Waals surface area contributed by atoms with Gasteiger partial charge in [0, 0.05) is 32.1 Å². The van der Waals surface area contributed by atoms with Crippen molar-refractivity contribution in [2.45, 2.75) is 18.5 Å². The monoisotopic (exact) mass is 379 g/mol. The van der Waals surface area contributed by atoms with Crippen molar-refractivity contribution < 1.29 is 4.79 Å². The van der Waals surface area contributed by atoms with Crippen LogP contribution in [0.2, 0.25) is 0 Å². The fourth-order valence-corrected chi connectivity index (χ4v) is 3.86. The number of nitrogens with two attached hydrogens (primary N) is 1. The first-order valence-corrected chi connectivity index (χ1v) is 8.17. The molecule has 0 radical (unpaired) electrons. The predicted molar refractivity (Wildman–Crippen MR) is 104 cm³/mol. The van der Waals surface area contributed by atoms with Gasteiger partial charge in [-0.25, -0.2) is 0 Å². The molecule has 1 amide bonds. The topological polar surface area (TPSA) is 58.4 Å². The van der Waals surface area contributed by atoms with Crippen LogP contribution in [0.1, 0.15) is 34.2 Å². The Morgan fingerprint density at radius 2 is 1.84 bits per heavy atom. The van der Waals surface area contributed by atoms with E-state index in [1.54, 1.807) is 0 Å². The molecule has 2 aromatic carbocycles. The lowest BCUT2D eigenvalue weighted by Crippen LogP contribution is -2.53. The summed E-state index contributed by atoms with van der Waals surface area (Å²) in [5.74, 6) is 0.415. The average molecular weight is 380 g/mol. The molecule has 6 heteroatoms. The third kappa shape index (κ3) is 3.53. The highest BCUT2D eigenvalue weighted by Gasteiger charge is 2.39. The maximum atomic E-state index is 12.5. The SMILES string of the molecule is Cl.Cl.NCc1ccc2c(c1)[C@@H]1C(=O)NCCN1C[C@H]2c1ccccc1. The maximum Gasteiger partial charge on any atom is 0.242 e. The Balaban J connectivity index is 0.00000113. The zero-order chi connectivity index (χ0) is 15.8. The number of amides is 1. The number of rotatable bonds is 2. The van der Waals surface area contributed by atoms with Crippen molar-refractivity contribution in [3.8, 4) is 0 Å². The van der Waals surface area contributed by atoms with E-state index in [9.17, 15) is 4.79 Å². The molecule has 0 saturated carbocycles. The van der Waals surface area contributed by atoms with Gasteiger partial charge in [-0.3, -0.25) is 9.69 Å². The summed E-state index contributed by atoms with van der Waals surface area (Å²) in [5.41, 5.74) is 10.6. The number of carbonyl (C=O) groups is 1. The molecule has 1 saturated heterocycles. The van der Waals surface area contributed by atoms with Crippen molar-refractivity contribution in [1.82, 2.24) is 10.2 Å². The van der Waals surface area contributed by atoms with Gasteiger partial charge in [0.05, 0.1) is 0 Å². The molecule has 2 aliphatic rings. The molecule has 0 unspecified atom stereocenters. The second kappa shape index (κ2) is 8.19. The standard InChI is InChI=1S/C19H21N3O.2ClH/c20-11-13-6-7-15-16(10-13)18-19(23)21-8-9-22(18)12-17(15)14-4-2-1-3-5-14;;/h1-7,10,17-18H,8-9,11-12,20H2,(H,21,23);2*1H/t17-,18+;;/m0../s1. The van der Waals surface area contributed by atoms with Crippen molar-refractivity contribution in [3.63, 3.8) is 0 Å². The summed E-state index contributed by atoms with van der Waals surface area (Å²) < 4.78 is 0. The van der Waals surface area contributed by atoms with Crippen molar-refractivity contribution in [2.24, 2.45) is 5.73 Å². The van der Waals surface area contributed by atoms with Gasteiger partial charge in [-0.15, -0.1) is 24.8 Å². The number of nitrogens with one attached hydrogen (secondary N) is 1. The van der Waals surface area contributed by atoms with Gasteiger partial charge in [-0.1, -0.05) is 48.5 Å². The zero-order valence-electron chi connectivity index (χ0n) is 13.9. The molecular formula is C19H23Cl2N3O. The van der Waals surface area contributed by atoms with E-state index in [-0.39, 0.29) is 36.8 Å². The van der Waals surface area contributed by atoms with Crippen molar-refractivity contribution in [3.05, 3.63) is 70.8 Å². The van der Waals surface area contributed by atoms with Gasteiger partial charge in [-0.05, 0) is 22.3 Å². The number of benzene rings is 2. The summed E-state index contributed by atoms with van der Waals surface area (Å²) in [6.07, 6.45) is 0. The van der Waals surface area contributed by atoms with E-state index in [0.717, 1.165) is 30.8 Å². The molecule has 25 heavy (non-hydrogen) atoms. The smallest absolute Gasteiger partial charge is 0.242 e. The van der Waals surface area contributed by atoms with E-state index < -0.39 is 0 Å². The third-order valence-corrected chi connectivity index (χ3v) is 4.99. The van der Waals surface area contributed by atoms with Crippen LogP contribution in [0.5, 0.6) is 0 Å². The van der Waals surface area contributed by atoms with E-state index >= 15 is 0 Å². The first-order chi connectivity index (χ1) is 11.3. The Bertz CT molecular complexity index is 739. The molecule has 2 aliphatic heterocycles. The molecule has 0 bridgehead atoms. The highest BCUT2D eigenvalue weighted by Crippen LogP contribution is 2.40. The summed E-state index contributed by atoms with van der Waals surface area (Å²) in [6, 6.07) is 16.8. The van der Waals surface area contributed by atoms with Gasteiger partial charge in [0.25, 0.3) is 0 Å². The molecule has 0 spiro atoms. The third-order valence-electron chi connectivity index (χ3n) is 4.99. The van der Waals surface area contributed by atoms with Gasteiger partial charge in [0.15, 0.2) is 0 Å². The number of hydrogen-bond acceptors (Lipinski definition) is 3. The summed E-state index contributed by atoms with van der Waals surface area (Å²) in [5, 5.41) is 3.00. The fourth-order valence-electron chi connectivity index (χ4n) is 3.86. The van der Waals surface area contributed by atoms with Crippen molar-refractivity contribution in [2.75, 3.05) is 19.6 Å². The molecule has 0 aliphatic carbocycles. The second-order valence-electron chi connectivity index (χ2n) is 6.32. The van der Waals surface area contributed by atoms with E-state index in [1.807, 2.05) is 6.07 Å². The Labute approximate surface area is 160 Å². The molecule has 134 valence electrons. The van der Waals surface area contributed by atoms with E-state index in [2.05, 4.69) is 52.7 Å². The van der Waals surface area contributed by atoms with E-state index in [1.165, 1.54) is 11.1 Å². The maximum absolute atomic E-state index is 12.5. The van der Waals surface area contributed by atoms with Crippen LogP contribution in [0, 0.1) is 0 Å². The molecule has 3 N–H and O–H groups in total. The second-order valence-corrected chi connectivity index (χ2v) is 6.32. The van der Waals surface area contributed by atoms with Crippen LogP contribution in [-0.2, 0) is 11.3 Å². The van der Waals surface area contributed by atoms with Crippen molar-refractivity contribution >= 4 is 30.7 Å². The summed E-state index contributed by atoms with van der Waals surface area (Å²) in [6.45, 7) is 3.00. The van der Waals surface area contributed by atoms with Crippen LogP contribution in [0.3, 0.4) is 0 Å². The van der Waals surface area contributed by atoms with Crippen LogP contribution in [0.25, 0.3) is 0 Å². The van der Waals surface area contributed by atoms with Crippen LogP contribution in [-0.4, -0.2) is 30.4 Å². The summed E-state index contributed by atoms with van der Waals surface area (Å²) >= 11 is 0. The minimum absolute atomic E-state index is 0. The molecule has 4 nitrogen and oxygen atoms in total. The van der Waals surface area contributed by atoms with E-state index in [4.69, 9.17) is 5.73 Å². The average Bonchev–Trinajstić information content (AvgIpc) is 2.61. The summed E-state index contributed by atoms with van der Waals surface area (Å²) in [4.78, 5) is 14.8. The highest BCUT2D eigenvalue weighted by atomic mass is 35.5. The Morgan fingerprint density at radius 3 is 2.56 bits per heavy atom. The minimum Gasteiger partial charge on any atom is -0.353 e. The lowest BCUT2D eigenvalue weighted by molar-refractivity contribution is -0.129. The lowest BCUT2D eigenvalue weighted by Gasteiger charge is -2.43. The van der Waals surface area contributed by atoms with Gasteiger partial charge >= 0.3 is 0 Å². The molecule has 2 aromatic rings. The molecule has 2 heterocycles. The normalized spacial score (nSPS) is 21.9. The van der Waals surface area contributed by atoms with Crippen molar-refractivity contribution in [1.29, 1.82) is 0 Å². The van der Waals surface area contributed by atoms with Crippen LogP contribution < -0.4 is 11.1 Å². The van der Waals surface area contributed by atoms with Gasteiger partial charge in [0.2, 0.25) is 5.91 Å². The minimum atomic E-state index is -0.176. The Kier molecular flexibility index (Phi) is 6.47. The molecule has 1 fully saturated rings. The molecule has 2 atom stereocenters. The van der Waals surface area contributed by atoms with Gasteiger partial charge in [0.1, 0.15) is 6.04 Å². The number of nitrogens with zero attached hydrogens (tertiary/aromatic N) is 1. The van der Waals surface area contributed by atoms with Crippen LogP contribution >= 0.6 is 24.8 Å². The molecule has 4 rings (SSSR count). The number of piperazine rings is 1. The molecular weight excluding hydrogens is 357 g/mol. The summed E-state index contributed by atoms with van der Waals surface area (Å²) in [7, 11) is 0. The van der Waals surface area contributed by atoms with Gasteiger partial charge in [-0.2, -0.15) is 0 Å². The first kappa shape index (κ1) is 19.7. The zero-order valence-corrected chi connectivity index (χ0v) is 15.5. The predicted octanol–water partition coefficient (Wildman–Crippen LogP) is 2.61. The number of carbonyl (C=O) groups excluding carboxylic acids is 1. The molecule has 0 aromatic heterocycles. The highest BCUT2D eigenvalue weighted by molar-refractivity contribution is 5.86. The quantitative estimate of drug-likeness (QED) is 0.842. The number of hydrogen-bond donors (Lipinski definition) is 2.